The highest BCUT2D eigenvalue weighted by Crippen LogP contribution is 2.35. The fourth-order valence-electron chi connectivity index (χ4n) is 3.81. The van der Waals surface area contributed by atoms with E-state index in [0.717, 1.165) is 14.8 Å². The minimum absolute atomic E-state index is 0.0346. The number of carbonyl (C=O) groups excluding carboxylic acids is 2. The summed E-state index contributed by atoms with van der Waals surface area (Å²) < 4.78 is 48.5. The number of nitrogens with zero attached hydrogens (tertiary/aromatic N) is 2. The van der Waals surface area contributed by atoms with Gasteiger partial charge in [0.2, 0.25) is 11.8 Å². The van der Waals surface area contributed by atoms with Crippen LogP contribution in [0.25, 0.3) is 0 Å². The molecular formula is C27H29ClFN3O5S. The van der Waals surface area contributed by atoms with Crippen molar-refractivity contribution in [2.45, 2.75) is 31.3 Å². The molecular weight excluding hydrogens is 533 g/mol. The summed E-state index contributed by atoms with van der Waals surface area (Å²) in [6.45, 7) is 2.34. The Balaban J connectivity index is 2.12. The number of sulfonamides is 1. The second kappa shape index (κ2) is 12.3. The highest BCUT2D eigenvalue weighted by atomic mass is 35.5. The zero-order valence-corrected chi connectivity index (χ0v) is 23.0. The van der Waals surface area contributed by atoms with Crippen molar-refractivity contribution in [3.8, 4) is 5.75 Å². The number of carbonyl (C=O) groups is 2. The Morgan fingerprint density at radius 1 is 1.08 bits per heavy atom. The Hall–Kier alpha value is -3.63. The number of aryl methyl sites for hydroxylation is 1. The quantitative estimate of drug-likeness (QED) is 0.401. The van der Waals surface area contributed by atoms with Gasteiger partial charge in [-0.1, -0.05) is 47.5 Å². The van der Waals surface area contributed by atoms with Gasteiger partial charge >= 0.3 is 0 Å². The van der Waals surface area contributed by atoms with Gasteiger partial charge in [0, 0.05) is 24.2 Å². The Bertz CT molecular complexity index is 1420. The lowest BCUT2D eigenvalue weighted by molar-refractivity contribution is -0.139. The Morgan fingerprint density at radius 3 is 2.34 bits per heavy atom. The average Bonchev–Trinajstić information content (AvgIpc) is 2.90. The molecule has 1 atom stereocenters. The Morgan fingerprint density at radius 2 is 1.74 bits per heavy atom. The van der Waals surface area contributed by atoms with Crippen LogP contribution in [0.1, 0.15) is 18.1 Å². The van der Waals surface area contributed by atoms with Gasteiger partial charge in [0.1, 0.15) is 24.2 Å². The fraction of sp³-hybridized carbons (Fsp3) is 0.259. The van der Waals surface area contributed by atoms with Crippen molar-refractivity contribution >= 4 is 39.1 Å². The molecule has 38 heavy (non-hydrogen) atoms. The standard InChI is InChI=1S/C27H29ClFN3O5S/c1-18-9-12-22(13-10-18)38(35,36)32(24-15-21(28)11-14-25(24)37-4)17-26(33)31(19(2)27(34)30-3)16-20-7-5-6-8-23(20)29/h5-15,19H,16-17H2,1-4H3,(H,30,34). The van der Waals surface area contributed by atoms with Crippen LogP contribution in [0.15, 0.2) is 71.6 Å². The van der Waals surface area contributed by atoms with Crippen molar-refractivity contribution in [1.29, 1.82) is 0 Å². The molecule has 1 unspecified atom stereocenters. The van der Waals surface area contributed by atoms with Crippen LogP contribution in [0.2, 0.25) is 5.02 Å². The molecule has 8 nitrogen and oxygen atoms in total. The minimum atomic E-state index is -4.31. The van der Waals surface area contributed by atoms with Gasteiger partial charge in [0.25, 0.3) is 10.0 Å². The van der Waals surface area contributed by atoms with Gasteiger partial charge in [-0.15, -0.1) is 0 Å². The van der Waals surface area contributed by atoms with Gasteiger partial charge in [-0.25, -0.2) is 12.8 Å². The molecule has 0 spiro atoms. The van der Waals surface area contributed by atoms with E-state index in [2.05, 4.69) is 5.32 Å². The molecule has 0 saturated heterocycles. The van der Waals surface area contributed by atoms with E-state index in [1.807, 2.05) is 6.92 Å². The van der Waals surface area contributed by atoms with Gasteiger partial charge in [-0.05, 0) is 50.2 Å². The molecule has 0 aliphatic heterocycles. The number of rotatable bonds is 10. The predicted octanol–water partition coefficient (Wildman–Crippen LogP) is 4.15. The third-order valence-corrected chi connectivity index (χ3v) is 8.02. The molecule has 0 radical (unpaired) electrons. The van der Waals surface area contributed by atoms with Crippen molar-refractivity contribution < 1.29 is 27.1 Å². The van der Waals surface area contributed by atoms with Gasteiger partial charge < -0.3 is 15.0 Å². The number of hydrogen-bond acceptors (Lipinski definition) is 5. The second-order valence-electron chi connectivity index (χ2n) is 8.54. The van der Waals surface area contributed by atoms with Crippen LogP contribution < -0.4 is 14.4 Å². The van der Waals surface area contributed by atoms with Crippen LogP contribution in [-0.2, 0) is 26.2 Å². The number of nitrogens with one attached hydrogen (secondary N) is 1. The van der Waals surface area contributed by atoms with Crippen LogP contribution in [0.4, 0.5) is 10.1 Å². The van der Waals surface area contributed by atoms with E-state index in [1.54, 1.807) is 18.2 Å². The predicted molar refractivity (Wildman–Crippen MR) is 144 cm³/mol. The number of amides is 2. The normalized spacial score (nSPS) is 11.9. The van der Waals surface area contributed by atoms with E-state index < -0.39 is 40.2 Å². The largest absolute Gasteiger partial charge is 0.495 e. The maximum atomic E-state index is 14.5. The first-order valence-corrected chi connectivity index (χ1v) is 13.5. The lowest BCUT2D eigenvalue weighted by Gasteiger charge is -2.32. The summed E-state index contributed by atoms with van der Waals surface area (Å²) in [5.41, 5.74) is 1.06. The Kier molecular flexibility index (Phi) is 9.35. The summed E-state index contributed by atoms with van der Waals surface area (Å²) in [5.74, 6) is -1.63. The van der Waals surface area contributed by atoms with Crippen molar-refractivity contribution in [1.82, 2.24) is 10.2 Å². The van der Waals surface area contributed by atoms with Crippen LogP contribution >= 0.6 is 11.6 Å². The summed E-state index contributed by atoms with van der Waals surface area (Å²) in [4.78, 5) is 27.4. The number of likely N-dealkylation sites (N-methyl/N-ethyl adjacent to an activating group) is 1. The highest BCUT2D eigenvalue weighted by Gasteiger charge is 2.34. The maximum Gasteiger partial charge on any atom is 0.264 e. The van der Waals surface area contributed by atoms with Crippen LogP contribution in [0.5, 0.6) is 5.75 Å². The zero-order valence-electron chi connectivity index (χ0n) is 21.4. The monoisotopic (exact) mass is 561 g/mol. The van der Waals surface area contributed by atoms with Gasteiger partial charge in [0.15, 0.2) is 0 Å². The number of benzene rings is 3. The lowest BCUT2D eigenvalue weighted by atomic mass is 10.1. The van der Waals surface area contributed by atoms with Crippen molar-refractivity contribution in [2.75, 3.05) is 25.0 Å². The molecule has 1 N–H and O–H groups in total. The average molecular weight is 562 g/mol. The van der Waals surface area contributed by atoms with E-state index in [9.17, 15) is 22.4 Å². The smallest absolute Gasteiger partial charge is 0.264 e. The summed E-state index contributed by atoms with van der Waals surface area (Å²) in [6.07, 6.45) is 0. The zero-order chi connectivity index (χ0) is 28.0. The molecule has 0 aliphatic carbocycles. The Labute approximate surface area is 227 Å². The molecule has 0 aliphatic rings. The van der Waals surface area contributed by atoms with Crippen molar-refractivity contribution in [3.05, 3.63) is 88.7 Å². The van der Waals surface area contributed by atoms with E-state index >= 15 is 0 Å². The first-order chi connectivity index (χ1) is 18.0. The third-order valence-electron chi connectivity index (χ3n) is 6.01. The topological polar surface area (TPSA) is 96.0 Å². The van der Waals surface area contributed by atoms with Crippen molar-refractivity contribution in [3.63, 3.8) is 0 Å². The number of methoxy groups -OCH3 is 1. The first kappa shape index (κ1) is 28.9. The minimum Gasteiger partial charge on any atom is -0.495 e. The molecule has 0 saturated carbocycles. The number of hydrogen-bond donors (Lipinski definition) is 1. The second-order valence-corrected chi connectivity index (χ2v) is 10.8. The van der Waals surface area contributed by atoms with Crippen LogP contribution in [-0.4, -0.2) is 51.9 Å². The summed E-state index contributed by atoms with van der Waals surface area (Å²) in [7, 11) is -1.53. The molecule has 3 aromatic rings. The third kappa shape index (κ3) is 6.43. The van der Waals surface area contributed by atoms with E-state index in [0.29, 0.717) is 0 Å². The SMILES string of the molecule is CNC(=O)C(C)N(Cc1ccccc1F)C(=O)CN(c1cc(Cl)ccc1OC)S(=O)(=O)c1ccc(C)cc1. The number of ether oxygens (including phenoxy) is 1. The van der Waals surface area contributed by atoms with E-state index in [4.69, 9.17) is 16.3 Å². The molecule has 0 aromatic heterocycles. The molecule has 0 bridgehead atoms. The maximum absolute atomic E-state index is 14.5. The van der Waals surface area contributed by atoms with Crippen molar-refractivity contribution in [2.24, 2.45) is 0 Å². The molecule has 3 rings (SSSR count). The number of anilines is 1. The van der Waals surface area contributed by atoms with E-state index in [-0.39, 0.29) is 33.5 Å². The molecule has 3 aromatic carbocycles. The molecule has 202 valence electrons. The number of halogens is 2. The van der Waals surface area contributed by atoms with Gasteiger partial charge in [-0.3, -0.25) is 13.9 Å². The molecule has 11 heteroatoms. The fourth-order valence-corrected chi connectivity index (χ4v) is 5.39. The van der Waals surface area contributed by atoms with Gasteiger partial charge in [0.05, 0.1) is 17.7 Å². The lowest BCUT2D eigenvalue weighted by Crippen LogP contribution is -2.50. The molecule has 2 amide bonds. The molecule has 0 fully saturated rings. The highest BCUT2D eigenvalue weighted by molar-refractivity contribution is 7.92. The summed E-state index contributed by atoms with van der Waals surface area (Å²) in [5, 5.41) is 2.70. The first-order valence-electron chi connectivity index (χ1n) is 11.7. The summed E-state index contributed by atoms with van der Waals surface area (Å²) >= 11 is 6.20. The molecule has 0 heterocycles. The summed E-state index contributed by atoms with van der Waals surface area (Å²) in [6, 6.07) is 15.4. The van der Waals surface area contributed by atoms with Crippen LogP contribution in [0, 0.1) is 12.7 Å². The van der Waals surface area contributed by atoms with Crippen LogP contribution in [0.3, 0.4) is 0 Å². The van der Waals surface area contributed by atoms with E-state index in [1.165, 1.54) is 69.6 Å². The van der Waals surface area contributed by atoms with Gasteiger partial charge in [-0.2, -0.15) is 0 Å².